The van der Waals surface area contributed by atoms with E-state index in [4.69, 9.17) is 14.2 Å². The molecule has 0 radical (unpaired) electrons. The highest BCUT2D eigenvalue weighted by molar-refractivity contribution is 9.15. The van der Waals surface area contributed by atoms with E-state index in [9.17, 15) is 0 Å². The SMILES string of the molecule is CCCCCCCCCCCCCCCCCCCCc1ccc([Si]2(c3cc(OCCCCCCCCCCCC)cc(OCCCCCCCCCCCC)c3)c3ccccc3-c3ccc(C4=c5ccc([nH]5)=C(Br)c5ccc([nH]5)C(c5ccc6c(c5)[Si](c5ccc(OCCCCCCCCCCCCCCCC)cc5)(c5cccc(CCCCCCCCCC)c5)c5ccccc5-6)=c5ccc([nH]5)=C(Br)c5ccc4[nH]5)cc32)cc1. The van der Waals surface area contributed by atoms with Crippen molar-refractivity contribution in [2.75, 3.05) is 19.8 Å². The highest BCUT2D eigenvalue weighted by atomic mass is 79.9. The number of halogens is 2. The molecule has 7 nitrogen and oxygen atoms in total. The molecule has 0 amide bonds. The zero-order valence-corrected chi connectivity index (χ0v) is 98.0. The van der Waals surface area contributed by atoms with Crippen LogP contribution in [-0.4, -0.2) is 55.9 Å². The molecule has 0 saturated carbocycles. The van der Waals surface area contributed by atoms with Gasteiger partial charge in [-0.05, 0) is 236 Å². The van der Waals surface area contributed by atoms with E-state index < -0.39 is 16.1 Å². The summed E-state index contributed by atoms with van der Waals surface area (Å²) in [6, 6.07) is 88.7. The first-order valence-electron chi connectivity index (χ1n) is 61.1. The molecule has 3 aliphatic rings. The van der Waals surface area contributed by atoms with Crippen LogP contribution >= 0.6 is 31.9 Å². The molecule has 0 saturated heterocycles. The van der Waals surface area contributed by atoms with E-state index in [1.165, 1.54) is 441 Å². The van der Waals surface area contributed by atoms with Gasteiger partial charge >= 0.3 is 0 Å². The number of H-pyrrole nitrogens is 4. The van der Waals surface area contributed by atoms with E-state index in [1.807, 2.05) is 0 Å². The number of aryl methyl sites for hydroxylation is 2. The minimum Gasteiger partial charge on any atom is -0.494 e. The Hall–Kier alpha value is -8.85. The summed E-state index contributed by atoms with van der Waals surface area (Å²) in [6.45, 7) is 13.7. The molecule has 7 heterocycles. The maximum Gasteiger partial charge on any atom is 0.181 e. The third-order valence-corrected chi connectivity index (χ3v) is 44.6. The molecule has 2 unspecified atom stereocenters. The lowest BCUT2D eigenvalue weighted by Gasteiger charge is -2.32. The summed E-state index contributed by atoms with van der Waals surface area (Å²) in [7, 11) is -6.35. The minimum atomic E-state index is -3.28. The summed E-state index contributed by atoms with van der Waals surface area (Å²) in [5.41, 5.74) is 16.6. The second-order valence-corrected chi connectivity index (χ2v) is 53.8. The van der Waals surface area contributed by atoms with Gasteiger partial charge in [0.15, 0.2) is 16.1 Å². The summed E-state index contributed by atoms with van der Waals surface area (Å²) in [5.74, 6) is 2.78. The Labute approximate surface area is 919 Å². The van der Waals surface area contributed by atoms with E-state index in [0.717, 1.165) is 131 Å². The van der Waals surface area contributed by atoms with Crippen LogP contribution in [0.15, 0.2) is 224 Å². The largest absolute Gasteiger partial charge is 0.494 e. The number of aromatic nitrogens is 4. The van der Waals surface area contributed by atoms with Crippen LogP contribution < -0.4 is 77.1 Å². The molecule has 2 atom stereocenters. The summed E-state index contributed by atoms with van der Waals surface area (Å²) < 4.78 is 22.9. The number of fused-ring (bicyclic) bond motifs is 14. The topological polar surface area (TPSA) is 90.8 Å². The first kappa shape index (κ1) is 114. The van der Waals surface area contributed by atoms with E-state index in [-0.39, 0.29) is 0 Å². The molecule has 0 aliphatic carbocycles. The second kappa shape index (κ2) is 63.1. The van der Waals surface area contributed by atoms with E-state index in [0.29, 0.717) is 13.2 Å². The number of ether oxygens (including phenoxy) is 3. The van der Waals surface area contributed by atoms with Crippen molar-refractivity contribution < 1.29 is 14.2 Å². The third kappa shape index (κ3) is 32.0. The van der Waals surface area contributed by atoms with Gasteiger partial charge in [-0.25, -0.2) is 0 Å². The first-order chi connectivity index (χ1) is 73.7. The fraction of sp³-hybridized carbons (Fsp3) is 0.507. The van der Waals surface area contributed by atoms with Gasteiger partial charge in [0, 0.05) is 39.3 Å². The number of benzene rings is 8. The van der Waals surface area contributed by atoms with Crippen molar-refractivity contribution in [3.63, 3.8) is 0 Å². The van der Waals surface area contributed by atoms with Gasteiger partial charge in [-0.1, -0.05) is 533 Å². The number of nitrogens with one attached hydrogen (secondary N) is 4. The number of rotatable bonds is 74. The summed E-state index contributed by atoms with van der Waals surface area (Å²) in [4.78, 5) is 16.4. The molecule has 149 heavy (non-hydrogen) atoms. The van der Waals surface area contributed by atoms with Crippen LogP contribution in [0.2, 0.25) is 0 Å². The molecular weight excluding hydrogens is 1980 g/mol. The molecule has 4 aromatic heterocycles. The first-order valence-corrected chi connectivity index (χ1v) is 66.7. The quantitative estimate of drug-likeness (QED) is 0.0226. The van der Waals surface area contributed by atoms with E-state index >= 15 is 0 Å². The standard InChI is InChI=1S/C138H186Br2N4O3Si2/c1-6-11-16-21-26-31-35-37-39-40-41-42-43-45-47-52-56-61-71-108-79-85-115(86-80-108)149(118-106-113(146-100-68-59-54-48-33-28-23-18-13-8-3)105-114(107-118)147-101-69-60-55-49-34-29-24-19-14-9-4)132-78-66-64-76-120(132)122-90-82-111(104-134(122)149)136-125-93-97-129(143-125)137(139)127-95-91-123(141-127)135(124-92-96-128(142-124)138(140)130-98-94-126(136)144-130)110-81-89-121-119-75-63-65-77-131(119)148(133(121)103-110,117-74-70-73-109(102-117)72-62-57-51-30-25-20-15-10-5)116-87-83-112(84-88-116)145-99-67-58-53-50-46-44-38-36-32-27-22-17-12-7-2/h63-66,70,73-98,102-107,141-144H,6-62,67-69,71-72,99-101H2,1-5H3. The number of aromatic amines is 4. The monoisotopic (exact) mass is 2160 g/mol. The van der Waals surface area contributed by atoms with Gasteiger partial charge in [-0.15, -0.1) is 0 Å². The molecule has 11 heteroatoms. The molecule has 0 spiro atoms. The lowest BCUT2D eigenvalue weighted by molar-refractivity contribution is 0.290. The third-order valence-electron chi connectivity index (χ3n) is 33.2. The van der Waals surface area contributed by atoms with E-state index in [1.54, 1.807) is 0 Å². The fourth-order valence-corrected chi connectivity index (χ4v) is 36.1. The molecule has 8 bridgehead atoms. The van der Waals surface area contributed by atoms with Crippen molar-refractivity contribution >= 4 is 110 Å². The van der Waals surface area contributed by atoms with Crippen LogP contribution in [-0.2, 0) is 12.8 Å². The predicted octanol–water partition coefficient (Wildman–Crippen LogP) is 33.4. The van der Waals surface area contributed by atoms with Gasteiger partial charge in [0.05, 0.1) is 50.9 Å². The van der Waals surface area contributed by atoms with Gasteiger partial charge in [0.2, 0.25) is 0 Å². The van der Waals surface area contributed by atoms with Crippen molar-refractivity contribution in [3.8, 4) is 39.5 Å². The van der Waals surface area contributed by atoms with Crippen LogP contribution in [0.5, 0.6) is 17.2 Å². The van der Waals surface area contributed by atoms with Crippen LogP contribution in [0.4, 0.5) is 0 Å². The minimum absolute atomic E-state index is 0.679. The van der Waals surface area contributed by atoms with Crippen LogP contribution in [0.25, 0.3) is 42.4 Å². The summed E-state index contributed by atoms with van der Waals surface area (Å²) in [5, 5.41) is 15.1. The molecule has 0 fully saturated rings. The maximum atomic E-state index is 7.16. The normalized spacial score (nSPS) is 14.5. The number of unbranched alkanes of at least 4 members (excludes halogenated alkanes) is 55. The molecule has 3 aliphatic heterocycles. The van der Waals surface area contributed by atoms with Crippen molar-refractivity contribution in [1.29, 1.82) is 0 Å². The van der Waals surface area contributed by atoms with Crippen molar-refractivity contribution in [2.45, 2.75) is 433 Å². The lowest BCUT2D eigenvalue weighted by atomic mass is 9.98. The predicted molar refractivity (Wildman–Crippen MR) is 655 cm³/mol. The molecule has 15 rings (SSSR count). The van der Waals surface area contributed by atoms with Crippen molar-refractivity contribution in [1.82, 2.24) is 19.9 Å². The maximum absolute atomic E-state index is 7.16. The second-order valence-electron chi connectivity index (χ2n) is 44.7. The smallest absolute Gasteiger partial charge is 0.181 e. The Morgan fingerprint density at radius 2 is 0.503 bits per heavy atom. The number of hydrogen-bond donors (Lipinski definition) is 4. The Kier molecular flexibility index (Phi) is 48.4. The van der Waals surface area contributed by atoms with Crippen molar-refractivity contribution in [2.24, 2.45) is 0 Å². The average Bonchev–Trinajstić information content (AvgIpc) is 1.54. The van der Waals surface area contributed by atoms with Gasteiger partial charge in [0.1, 0.15) is 17.2 Å². The Morgan fingerprint density at radius 1 is 0.201 bits per heavy atom. The highest BCUT2D eigenvalue weighted by Crippen LogP contribution is 2.38. The summed E-state index contributed by atoms with van der Waals surface area (Å²) >= 11 is 8.66. The molecule has 8 aromatic carbocycles. The van der Waals surface area contributed by atoms with Gasteiger partial charge in [-0.3, -0.25) is 0 Å². The fourth-order valence-electron chi connectivity index (χ4n) is 24.7. The van der Waals surface area contributed by atoms with Gasteiger partial charge < -0.3 is 34.1 Å². The van der Waals surface area contributed by atoms with Crippen LogP contribution in [0.1, 0.15) is 465 Å². The van der Waals surface area contributed by atoms with E-state index in [2.05, 4.69) is 311 Å². The number of hydrogen-bond acceptors (Lipinski definition) is 3. The Bertz CT molecular complexity index is 6180. The van der Waals surface area contributed by atoms with Crippen molar-refractivity contribution in [3.05, 3.63) is 291 Å². The lowest BCUT2D eigenvalue weighted by Crippen LogP contribution is -2.72. The molecule has 12 aromatic rings. The Morgan fingerprint density at radius 3 is 0.872 bits per heavy atom. The van der Waals surface area contributed by atoms with Gasteiger partial charge in [0.25, 0.3) is 0 Å². The average molecular weight is 2170 g/mol. The molecular formula is C138H186Br2N4O3Si2. The van der Waals surface area contributed by atoms with Crippen LogP contribution in [0.3, 0.4) is 0 Å². The highest BCUT2D eigenvalue weighted by Gasteiger charge is 2.51. The zero-order valence-electron chi connectivity index (χ0n) is 92.8. The molecule has 798 valence electrons. The summed E-state index contributed by atoms with van der Waals surface area (Å²) in [6.07, 6.45) is 82.0. The molecule has 4 N–H and O–H groups in total. The zero-order chi connectivity index (χ0) is 103. The van der Waals surface area contributed by atoms with Gasteiger partial charge in [-0.2, -0.15) is 0 Å². The van der Waals surface area contributed by atoms with Crippen LogP contribution in [0, 0.1) is 0 Å². The Balaban J connectivity index is 0.759.